The zero-order valence-electron chi connectivity index (χ0n) is 22.2. The number of esters is 1. The molecule has 0 unspecified atom stereocenters. The Balaban J connectivity index is 1.71. The number of hydrogen-bond donors (Lipinski definition) is 0. The number of aromatic nitrogens is 2. The van der Waals surface area contributed by atoms with Gasteiger partial charge in [-0.15, -0.1) is 0 Å². The second-order valence-corrected chi connectivity index (χ2v) is 10.4. The van der Waals surface area contributed by atoms with Crippen LogP contribution in [0.4, 0.5) is 0 Å². The molecule has 0 aliphatic carbocycles. The van der Waals surface area contributed by atoms with Gasteiger partial charge in [-0.05, 0) is 64.5 Å². The highest BCUT2D eigenvalue weighted by molar-refractivity contribution is 7.07. The van der Waals surface area contributed by atoms with Crippen molar-refractivity contribution < 1.29 is 14.3 Å². The van der Waals surface area contributed by atoms with Crippen LogP contribution in [0.3, 0.4) is 0 Å². The van der Waals surface area contributed by atoms with Crippen LogP contribution < -0.4 is 19.6 Å². The van der Waals surface area contributed by atoms with Crippen LogP contribution in [0.1, 0.15) is 51.8 Å². The van der Waals surface area contributed by atoms with E-state index in [0.29, 0.717) is 27.2 Å². The lowest BCUT2D eigenvalue weighted by Gasteiger charge is -2.25. The van der Waals surface area contributed by atoms with Crippen molar-refractivity contribution in [1.82, 2.24) is 9.13 Å². The fourth-order valence-electron chi connectivity index (χ4n) is 4.88. The minimum atomic E-state index is -0.660. The quantitative estimate of drug-likeness (QED) is 0.329. The molecule has 0 bridgehead atoms. The number of allylic oxidation sites excluding steroid dienone is 1. The molecule has 2 aromatic carbocycles. The van der Waals surface area contributed by atoms with Crippen LogP contribution in [0.15, 0.2) is 75.8 Å². The fourth-order valence-corrected chi connectivity index (χ4v) is 5.92. The van der Waals surface area contributed by atoms with Crippen molar-refractivity contribution >= 4 is 34.3 Å². The van der Waals surface area contributed by atoms with Gasteiger partial charge in [-0.2, -0.15) is 0 Å². The highest BCUT2D eigenvalue weighted by Gasteiger charge is 2.33. The molecule has 1 atom stereocenters. The number of ether oxygens (including phenoxy) is 2. The van der Waals surface area contributed by atoms with Crippen molar-refractivity contribution in [1.29, 1.82) is 0 Å². The number of para-hydroxylation sites is 1. The normalized spacial score (nSPS) is 15.6. The molecule has 0 radical (unpaired) electrons. The van der Waals surface area contributed by atoms with Crippen molar-refractivity contribution in [3.05, 3.63) is 96.8 Å². The molecule has 3 heterocycles. The molecule has 0 amide bonds. The number of benzene rings is 2. The SMILES string of the molecule is CCOc1ccc([C@@H]2C(C(=O)OC(C)C)=C(C)N=c3s/c(=C/c4cn(CC)c5ccccc45)c(=O)n32)cc1. The van der Waals surface area contributed by atoms with Crippen LogP contribution in [0.25, 0.3) is 17.0 Å². The van der Waals surface area contributed by atoms with E-state index in [1.807, 2.05) is 63.2 Å². The van der Waals surface area contributed by atoms with Crippen LogP contribution in [-0.4, -0.2) is 27.8 Å². The van der Waals surface area contributed by atoms with Crippen LogP contribution >= 0.6 is 11.3 Å². The fraction of sp³-hybridized carbons (Fsp3) is 0.300. The highest BCUT2D eigenvalue weighted by atomic mass is 32.1. The lowest BCUT2D eigenvalue weighted by atomic mass is 9.96. The predicted octanol–water partition coefficient (Wildman–Crippen LogP) is 4.56. The Morgan fingerprint density at radius 3 is 2.55 bits per heavy atom. The molecule has 1 aliphatic heterocycles. The summed E-state index contributed by atoms with van der Waals surface area (Å²) in [5, 5.41) is 1.08. The van der Waals surface area contributed by atoms with E-state index in [1.165, 1.54) is 11.3 Å². The third kappa shape index (κ3) is 4.60. The Morgan fingerprint density at radius 2 is 1.87 bits per heavy atom. The van der Waals surface area contributed by atoms with E-state index in [2.05, 4.69) is 29.8 Å². The summed E-state index contributed by atoms with van der Waals surface area (Å²) in [6.07, 6.45) is 3.70. The van der Waals surface area contributed by atoms with Gasteiger partial charge in [0, 0.05) is 29.2 Å². The second-order valence-electron chi connectivity index (χ2n) is 9.43. The standard InChI is InChI=1S/C30H31N3O4S/c1-6-32-17-21(23-10-8-9-11-24(23)32)16-25-28(34)33-27(20-12-14-22(15-13-20)36-7-2)26(29(35)37-18(3)4)19(5)31-30(33)38-25/h8-18,27H,6-7H2,1-5H3/b25-16+/t27-/m1/s1. The number of rotatable bonds is 7. The zero-order chi connectivity index (χ0) is 27.0. The van der Waals surface area contributed by atoms with E-state index in [9.17, 15) is 9.59 Å². The molecule has 0 saturated carbocycles. The number of carbonyl (C=O) groups excluding carboxylic acids is 1. The number of fused-ring (bicyclic) bond motifs is 2. The van der Waals surface area contributed by atoms with Gasteiger partial charge >= 0.3 is 5.97 Å². The molecule has 4 aromatic rings. The second kappa shape index (κ2) is 10.5. The predicted molar refractivity (Wildman–Crippen MR) is 150 cm³/mol. The Kier molecular flexibility index (Phi) is 7.08. The van der Waals surface area contributed by atoms with Gasteiger partial charge in [-0.3, -0.25) is 9.36 Å². The maximum Gasteiger partial charge on any atom is 0.338 e. The summed E-state index contributed by atoms with van der Waals surface area (Å²) in [6.45, 7) is 10.8. The van der Waals surface area contributed by atoms with Gasteiger partial charge in [-0.1, -0.05) is 41.7 Å². The first-order valence-corrected chi connectivity index (χ1v) is 13.7. The van der Waals surface area contributed by atoms with Gasteiger partial charge in [0.25, 0.3) is 5.56 Å². The first kappa shape index (κ1) is 25.7. The van der Waals surface area contributed by atoms with Crippen molar-refractivity contribution in [2.24, 2.45) is 4.99 Å². The monoisotopic (exact) mass is 529 g/mol. The van der Waals surface area contributed by atoms with Crippen molar-refractivity contribution in [2.45, 2.75) is 53.3 Å². The summed E-state index contributed by atoms with van der Waals surface area (Å²) in [6, 6.07) is 15.0. The Hall–Kier alpha value is -3.91. The van der Waals surface area contributed by atoms with Crippen molar-refractivity contribution in [3.8, 4) is 5.75 Å². The number of hydrogen-bond acceptors (Lipinski definition) is 6. The van der Waals surface area contributed by atoms with Gasteiger partial charge in [0.15, 0.2) is 4.80 Å². The van der Waals surface area contributed by atoms with E-state index in [-0.39, 0.29) is 11.7 Å². The summed E-state index contributed by atoms with van der Waals surface area (Å²) in [7, 11) is 0. The van der Waals surface area contributed by atoms with E-state index in [4.69, 9.17) is 14.5 Å². The van der Waals surface area contributed by atoms with E-state index >= 15 is 0 Å². The van der Waals surface area contributed by atoms with Crippen molar-refractivity contribution in [3.63, 3.8) is 0 Å². The minimum Gasteiger partial charge on any atom is -0.494 e. The van der Waals surface area contributed by atoms with E-state index in [0.717, 1.165) is 34.3 Å². The topological polar surface area (TPSA) is 74.8 Å². The third-order valence-corrected chi connectivity index (χ3v) is 7.52. The molecule has 0 saturated heterocycles. The summed E-state index contributed by atoms with van der Waals surface area (Å²) >= 11 is 1.33. The minimum absolute atomic E-state index is 0.191. The number of thiazole rings is 1. The molecule has 1 aliphatic rings. The maximum atomic E-state index is 14.0. The summed E-state index contributed by atoms with van der Waals surface area (Å²) < 4.78 is 15.6. The maximum absolute atomic E-state index is 14.0. The lowest BCUT2D eigenvalue weighted by molar-refractivity contribution is -0.143. The molecule has 8 heteroatoms. The Labute approximate surface area is 225 Å². The van der Waals surface area contributed by atoms with Gasteiger partial charge < -0.3 is 14.0 Å². The van der Waals surface area contributed by atoms with Gasteiger partial charge in [0.1, 0.15) is 5.75 Å². The number of nitrogens with zero attached hydrogens (tertiary/aromatic N) is 3. The molecule has 38 heavy (non-hydrogen) atoms. The van der Waals surface area contributed by atoms with Crippen LogP contribution in [0.5, 0.6) is 5.75 Å². The third-order valence-electron chi connectivity index (χ3n) is 6.54. The smallest absolute Gasteiger partial charge is 0.338 e. The first-order chi connectivity index (χ1) is 18.3. The van der Waals surface area contributed by atoms with Gasteiger partial charge in [0.2, 0.25) is 0 Å². The summed E-state index contributed by atoms with van der Waals surface area (Å²) in [5.74, 6) is 0.253. The Morgan fingerprint density at radius 1 is 1.13 bits per heavy atom. The molecule has 5 rings (SSSR count). The first-order valence-electron chi connectivity index (χ1n) is 12.9. The molecule has 0 fully saturated rings. The molecule has 196 valence electrons. The summed E-state index contributed by atoms with van der Waals surface area (Å²) in [5.41, 5.74) is 3.60. The zero-order valence-corrected chi connectivity index (χ0v) is 23.0. The molecular formula is C30H31N3O4S. The lowest BCUT2D eigenvalue weighted by Crippen LogP contribution is -2.40. The molecule has 0 N–H and O–H groups in total. The molecule has 0 spiro atoms. The van der Waals surface area contributed by atoms with Crippen LogP contribution in [-0.2, 0) is 16.1 Å². The van der Waals surface area contributed by atoms with Gasteiger partial charge in [0.05, 0.1) is 34.6 Å². The highest BCUT2D eigenvalue weighted by Crippen LogP contribution is 2.32. The molecular weight excluding hydrogens is 498 g/mol. The molecule has 7 nitrogen and oxygen atoms in total. The Bertz CT molecular complexity index is 1720. The van der Waals surface area contributed by atoms with E-state index < -0.39 is 12.0 Å². The van der Waals surface area contributed by atoms with Crippen LogP contribution in [0.2, 0.25) is 0 Å². The molecule has 2 aromatic heterocycles. The largest absolute Gasteiger partial charge is 0.494 e. The average Bonchev–Trinajstić information content (AvgIpc) is 3.40. The van der Waals surface area contributed by atoms with Gasteiger partial charge in [-0.25, -0.2) is 9.79 Å². The number of carbonyl (C=O) groups is 1. The number of aryl methyl sites for hydroxylation is 1. The van der Waals surface area contributed by atoms with Crippen LogP contribution in [0, 0.1) is 0 Å². The average molecular weight is 530 g/mol. The van der Waals surface area contributed by atoms with E-state index in [1.54, 1.807) is 11.5 Å². The van der Waals surface area contributed by atoms with Crippen molar-refractivity contribution in [2.75, 3.05) is 6.61 Å². The summed E-state index contributed by atoms with van der Waals surface area (Å²) in [4.78, 5) is 32.5.